The number of benzene rings is 2. The summed E-state index contributed by atoms with van der Waals surface area (Å²) in [5, 5.41) is 4.15. The molecular weight excluding hydrogens is 292 g/mol. The van der Waals surface area contributed by atoms with Gasteiger partial charge in [0.25, 0.3) is 5.91 Å². The van der Waals surface area contributed by atoms with Crippen molar-refractivity contribution in [3.05, 3.63) is 59.2 Å². The molecule has 0 spiro atoms. The van der Waals surface area contributed by atoms with Crippen LogP contribution >= 0.6 is 0 Å². The molecule has 0 aliphatic rings. The zero-order valence-corrected chi connectivity index (χ0v) is 13.7. The predicted octanol–water partition coefficient (Wildman–Crippen LogP) is 3.17. The standard InChI is InChI=1S/C18H20N2O3/c1-12-5-7-14(8-6-12)13(2)19-20-18(21)15-9-16(22-3)11-17(10-15)23-4/h5-11H,1-4H3,(H,20,21)/b19-13-. The zero-order chi connectivity index (χ0) is 16.8. The second kappa shape index (κ2) is 7.45. The Morgan fingerprint density at radius 2 is 1.52 bits per heavy atom. The molecule has 0 aromatic heterocycles. The second-order valence-corrected chi connectivity index (χ2v) is 5.11. The van der Waals surface area contributed by atoms with Crippen LogP contribution in [-0.2, 0) is 0 Å². The maximum Gasteiger partial charge on any atom is 0.271 e. The van der Waals surface area contributed by atoms with E-state index in [0.29, 0.717) is 17.1 Å². The lowest BCUT2D eigenvalue weighted by atomic mass is 10.1. The van der Waals surface area contributed by atoms with Crippen LogP contribution in [0.1, 0.15) is 28.4 Å². The van der Waals surface area contributed by atoms with Crippen LogP contribution in [0, 0.1) is 6.92 Å². The van der Waals surface area contributed by atoms with E-state index < -0.39 is 0 Å². The van der Waals surface area contributed by atoms with Gasteiger partial charge in [0, 0.05) is 11.6 Å². The molecule has 0 saturated heterocycles. The molecule has 0 heterocycles. The minimum atomic E-state index is -0.325. The van der Waals surface area contributed by atoms with Gasteiger partial charge in [0.15, 0.2) is 0 Å². The normalized spacial score (nSPS) is 11.0. The van der Waals surface area contributed by atoms with Crippen molar-refractivity contribution in [2.75, 3.05) is 14.2 Å². The molecule has 2 aromatic carbocycles. The van der Waals surface area contributed by atoms with Gasteiger partial charge >= 0.3 is 0 Å². The van der Waals surface area contributed by atoms with Crippen molar-refractivity contribution >= 4 is 11.6 Å². The summed E-state index contributed by atoms with van der Waals surface area (Å²) in [5.41, 5.74) is 5.83. The molecule has 0 saturated carbocycles. The smallest absolute Gasteiger partial charge is 0.271 e. The molecule has 0 aliphatic carbocycles. The van der Waals surface area contributed by atoms with Gasteiger partial charge in [-0.2, -0.15) is 5.10 Å². The van der Waals surface area contributed by atoms with Crippen LogP contribution in [0.25, 0.3) is 0 Å². The fourth-order valence-electron chi connectivity index (χ4n) is 2.00. The lowest BCUT2D eigenvalue weighted by Gasteiger charge is -2.08. The summed E-state index contributed by atoms with van der Waals surface area (Å²) in [4.78, 5) is 12.2. The third-order valence-corrected chi connectivity index (χ3v) is 3.41. The largest absolute Gasteiger partial charge is 0.497 e. The fourth-order valence-corrected chi connectivity index (χ4v) is 2.00. The summed E-state index contributed by atoms with van der Waals surface area (Å²) in [6, 6.07) is 12.9. The molecule has 0 unspecified atom stereocenters. The van der Waals surface area contributed by atoms with Gasteiger partial charge in [-0.3, -0.25) is 4.79 Å². The number of methoxy groups -OCH3 is 2. The Hall–Kier alpha value is -2.82. The number of aryl methyl sites for hydroxylation is 1. The first-order chi connectivity index (χ1) is 11.0. The maximum absolute atomic E-state index is 12.2. The van der Waals surface area contributed by atoms with Crippen molar-refractivity contribution in [2.45, 2.75) is 13.8 Å². The highest BCUT2D eigenvalue weighted by Gasteiger charge is 2.09. The topological polar surface area (TPSA) is 59.9 Å². The molecular formula is C18H20N2O3. The van der Waals surface area contributed by atoms with Gasteiger partial charge < -0.3 is 9.47 Å². The molecule has 0 fully saturated rings. The molecule has 0 radical (unpaired) electrons. The van der Waals surface area contributed by atoms with E-state index in [0.717, 1.165) is 11.3 Å². The molecule has 2 aromatic rings. The Balaban J connectivity index is 2.15. The number of hydrazone groups is 1. The Morgan fingerprint density at radius 3 is 2.04 bits per heavy atom. The van der Waals surface area contributed by atoms with Crippen molar-refractivity contribution in [3.63, 3.8) is 0 Å². The number of carbonyl (C=O) groups excluding carboxylic acids is 1. The second-order valence-electron chi connectivity index (χ2n) is 5.11. The summed E-state index contributed by atoms with van der Waals surface area (Å²) in [7, 11) is 3.08. The maximum atomic E-state index is 12.2. The van der Waals surface area contributed by atoms with E-state index in [2.05, 4.69) is 10.5 Å². The predicted molar refractivity (Wildman–Crippen MR) is 90.4 cm³/mol. The minimum absolute atomic E-state index is 0.325. The van der Waals surface area contributed by atoms with Gasteiger partial charge in [-0.05, 0) is 31.5 Å². The van der Waals surface area contributed by atoms with Crippen molar-refractivity contribution in [2.24, 2.45) is 5.10 Å². The molecule has 2 rings (SSSR count). The Labute approximate surface area is 135 Å². The van der Waals surface area contributed by atoms with E-state index in [9.17, 15) is 4.79 Å². The van der Waals surface area contributed by atoms with Crippen molar-refractivity contribution < 1.29 is 14.3 Å². The molecule has 0 bridgehead atoms. The third-order valence-electron chi connectivity index (χ3n) is 3.41. The minimum Gasteiger partial charge on any atom is -0.497 e. The fraction of sp³-hybridized carbons (Fsp3) is 0.222. The van der Waals surface area contributed by atoms with E-state index in [-0.39, 0.29) is 5.91 Å². The average Bonchev–Trinajstić information content (AvgIpc) is 2.59. The number of ether oxygens (including phenoxy) is 2. The lowest BCUT2D eigenvalue weighted by Crippen LogP contribution is -2.19. The first-order valence-electron chi connectivity index (χ1n) is 7.18. The summed E-state index contributed by atoms with van der Waals surface area (Å²) in [6.45, 7) is 3.87. The van der Waals surface area contributed by atoms with E-state index in [1.165, 1.54) is 19.8 Å². The van der Waals surface area contributed by atoms with Gasteiger partial charge in [0.2, 0.25) is 0 Å². The number of hydrogen-bond acceptors (Lipinski definition) is 4. The average molecular weight is 312 g/mol. The van der Waals surface area contributed by atoms with Gasteiger partial charge in [0.05, 0.1) is 19.9 Å². The molecule has 5 nitrogen and oxygen atoms in total. The van der Waals surface area contributed by atoms with Gasteiger partial charge in [-0.15, -0.1) is 0 Å². The third kappa shape index (κ3) is 4.32. The highest BCUT2D eigenvalue weighted by atomic mass is 16.5. The summed E-state index contributed by atoms with van der Waals surface area (Å²) in [6.07, 6.45) is 0. The van der Waals surface area contributed by atoms with Gasteiger partial charge in [-0.1, -0.05) is 29.8 Å². The van der Waals surface area contributed by atoms with Crippen LogP contribution < -0.4 is 14.9 Å². The first-order valence-corrected chi connectivity index (χ1v) is 7.18. The van der Waals surface area contributed by atoms with Gasteiger partial charge in [-0.25, -0.2) is 5.43 Å². The van der Waals surface area contributed by atoms with Crippen LogP contribution in [0.3, 0.4) is 0 Å². The molecule has 1 N–H and O–H groups in total. The van der Waals surface area contributed by atoms with E-state index >= 15 is 0 Å². The number of nitrogens with one attached hydrogen (secondary N) is 1. The number of carbonyl (C=O) groups is 1. The summed E-state index contributed by atoms with van der Waals surface area (Å²) < 4.78 is 10.3. The highest BCUT2D eigenvalue weighted by Crippen LogP contribution is 2.22. The van der Waals surface area contributed by atoms with E-state index in [4.69, 9.17) is 9.47 Å². The van der Waals surface area contributed by atoms with Crippen molar-refractivity contribution in [1.29, 1.82) is 0 Å². The zero-order valence-electron chi connectivity index (χ0n) is 13.7. The Bertz CT molecular complexity index is 699. The molecule has 23 heavy (non-hydrogen) atoms. The molecule has 1 amide bonds. The molecule has 0 atom stereocenters. The SMILES string of the molecule is COc1cc(OC)cc(C(=O)N/N=C(/C)c2ccc(C)cc2)c1. The summed E-state index contributed by atoms with van der Waals surface area (Å²) in [5.74, 6) is 0.774. The van der Waals surface area contributed by atoms with Crippen molar-refractivity contribution in [1.82, 2.24) is 5.43 Å². The van der Waals surface area contributed by atoms with Crippen LogP contribution in [-0.4, -0.2) is 25.8 Å². The van der Waals surface area contributed by atoms with Crippen LogP contribution in [0.15, 0.2) is 47.6 Å². The van der Waals surface area contributed by atoms with Crippen LogP contribution in [0.5, 0.6) is 11.5 Å². The van der Waals surface area contributed by atoms with E-state index in [1.807, 2.05) is 38.1 Å². The number of rotatable bonds is 5. The van der Waals surface area contributed by atoms with Crippen molar-refractivity contribution in [3.8, 4) is 11.5 Å². The van der Waals surface area contributed by atoms with Gasteiger partial charge in [0.1, 0.15) is 11.5 Å². The van der Waals surface area contributed by atoms with Crippen LogP contribution in [0.2, 0.25) is 0 Å². The number of nitrogens with zero attached hydrogens (tertiary/aromatic N) is 1. The Morgan fingerprint density at radius 1 is 0.957 bits per heavy atom. The van der Waals surface area contributed by atoms with Crippen LogP contribution in [0.4, 0.5) is 0 Å². The number of hydrogen-bond donors (Lipinski definition) is 1. The lowest BCUT2D eigenvalue weighted by molar-refractivity contribution is 0.0954. The quantitative estimate of drug-likeness (QED) is 0.681. The summed E-state index contributed by atoms with van der Waals surface area (Å²) >= 11 is 0. The van der Waals surface area contributed by atoms with E-state index in [1.54, 1.807) is 18.2 Å². The number of amides is 1. The first kappa shape index (κ1) is 16.5. The molecule has 120 valence electrons. The molecule has 0 aliphatic heterocycles. The monoisotopic (exact) mass is 312 g/mol. The molecule has 5 heteroatoms. The highest BCUT2D eigenvalue weighted by molar-refractivity contribution is 6.01. The Kier molecular flexibility index (Phi) is 5.36.